The van der Waals surface area contributed by atoms with Crippen molar-refractivity contribution in [1.82, 2.24) is 5.01 Å². The van der Waals surface area contributed by atoms with Crippen molar-refractivity contribution in [3.05, 3.63) is 42.0 Å². The highest BCUT2D eigenvalue weighted by atomic mass is 19.3. The summed E-state index contributed by atoms with van der Waals surface area (Å²) in [5.41, 5.74) is -4.66. The van der Waals surface area contributed by atoms with Crippen LogP contribution in [0.2, 0.25) is 0 Å². The van der Waals surface area contributed by atoms with Crippen molar-refractivity contribution >= 4 is 22.4 Å². The highest BCUT2D eigenvalue weighted by Gasteiger charge is 2.53. The molecule has 132 valence electrons. The topological polar surface area (TPSA) is 73.1 Å². The van der Waals surface area contributed by atoms with Gasteiger partial charge in [-0.2, -0.15) is 10.1 Å². The van der Waals surface area contributed by atoms with Crippen LogP contribution in [0.15, 0.2) is 41.5 Å². The summed E-state index contributed by atoms with van der Waals surface area (Å²) < 4.78 is 52.0. The number of hydrogen-bond donors (Lipinski definition) is 2. The highest BCUT2D eigenvalue weighted by molar-refractivity contribution is 6.03. The number of phenols is 1. The van der Waals surface area contributed by atoms with Crippen LogP contribution in [-0.4, -0.2) is 45.4 Å². The maximum absolute atomic E-state index is 13.2. The quantitative estimate of drug-likeness (QED) is 0.831. The average molecular weight is 356 g/mol. The summed E-state index contributed by atoms with van der Waals surface area (Å²) in [6.45, 7) is 0. The number of fused-ring (bicyclic) bond motifs is 1. The van der Waals surface area contributed by atoms with Gasteiger partial charge in [-0.05, 0) is 22.9 Å². The van der Waals surface area contributed by atoms with Crippen molar-refractivity contribution < 1.29 is 32.6 Å². The van der Waals surface area contributed by atoms with Gasteiger partial charge in [-0.1, -0.05) is 24.3 Å². The monoisotopic (exact) mass is 356 g/mol. The SMILES string of the molecule is O=C(c1cc2ccccc2cc1O)N1N=C(C(F)F)C[C@]1(O)C(F)F. The summed E-state index contributed by atoms with van der Waals surface area (Å²) in [5, 5.41) is 24.2. The number of aromatic hydroxyl groups is 1. The van der Waals surface area contributed by atoms with Gasteiger partial charge in [0.05, 0.1) is 5.56 Å². The maximum Gasteiger partial charge on any atom is 0.287 e. The van der Waals surface area contributed by atoms with Gasteiger partial charge in [-0.3, -0.25) is 4.79 Å². The summed E-state index contributed by atoms with van der Waals surface area (Å²) in [6.07, 6.45) is -7.91. The Hall–Kier alpha value is -2.68. The standard InChI is InChI=1S/C16H12F4N2O3/c17-13(18)11-7-16(25,15(19)20)22(21-11)14(24)10-5-8-3-1-2-4-9(8)6-12(10)23/h1-6,13,15,23,25H,7H2/t16-/m0/s1. The van der Waals surface area contributed by atoms with Crippen LogP contribution >= 0.6 is 0 Å². The van der Waals surface area contributed by atoms with E-state index in [1.165, 1.54) is 12.1 Å². The van der Waals surface area contributed by atoms with E-state index < -0.39 is 47.9 Å². The maximum atomic E-state index is 13.2. The Bertz CT molecular complexity index is 872. The molecule has 1 aliphatic rings. The zero-order valence-electron chi connectivity index (χ0n) is 12.5. The lowest BCUT2D eigenvalue weighted by Gasteiger charge is -2.30. The first kappa shape index (κ1) is 17.2. The predicted molar refractivity (Wildman–Crippen MR) is 80.8 cm³/mol. The van der Waals surface area contributed by atoms with Crippen molar-refractivity contribution in [3.8, 4) is 5.75 Å². The number of benzene rings is 2. The molecule has 5 nitrogen and oxygen atoms in total. The van der Waals surface area contributed by atoms with Crippen LogP contribution < -0.4 is 0 Å². The molecule has 0 spiro atoms. The molecule has 0 aromatic heterocycles. The molecule has 1 atom stereocenters. The lowest BCUT2D eigenvalue weighted by molar-refractivity contribution is -0.164. The van der Waals surface area contributed by atoms with Crippen molar-refractivity contribution in [2.45, 2.75) is 25.0 Å². The minimum Gasteiger partial charge on any atom is -0.507 e. The van der Waals surface area contributed by atoms with Gasteiger partial charge in [0.25, 0.3) is 18.8 Å². The van der Waals surface area contributed by atoms with Crippen LogP contribution in [0.3, 0.4) is 0 Å². The minimum atomic E-state index is -3.53. The van der Waals surface area contributed by atoms with E-state index in [0.29, 0.717) is 10.8 Å². The molecule has 25 heavy (non-hydrogen) atoms. The van der Waals surface area contributed by atoms with Gasteiger partial charge in [-0.25, -0.2) is 17.6 Å². The molecule has 2 aromatic rings. The second kappa shape index (κ2) is 5.99. The molecule has 0 saturated heterocycles. The largest absolute Gasteiger partial charge is 0.507 e. The molecule has 9 heteroatoms. The minimum absolute atomic E-state index is 0.0804. The van der Waals surface area contributed by atoms with Crippen molar-refractivity contribution in [2.75, 3.05) is 0 Å². The number of carbonyl (C=O) groups excluding carboxylic acids is 1. The van der Waals surface area contributed by atoms with E-state index in [-0.39, 0.29) is 5.01 Å². The predicted octanol–water partition coefficient (Wildman–Crippen LogP) is 2.97. The molecule has 0 bridgehead atoms. The average Bonchev–Trinajstić information content (AvgIpc) is 2.93. The van der Waals surface area contributed by atoms with Crippen LogP contribution in [0.25, 0.3) is 10.8 Å². The number of hydrazone groups is 1. The van der Waals surface area contributed by atoms with Crippen LogP contribution in [0.1, 0.15) is 16.8 Å². The lowest BCUT2D eigenvalue weighted by atomic mass is 10.0. The summed E-state index contributed by atoms with van der Waals surface area (Å²) in [6, 6.07) is 9.07. The van der Waals surface area contributed by atoms with Crippen molar-refractivity contribution in [2.24, 2.45) is 5.10 Å². The first-order valence-electron chi connectivity index (χ1n) is 7.16. The number of halogens is 4. The molecule has 0 saturated carbocycles. The smallest absolute Gasteiger partial charge is 0.287 e. The van der Waals surface area contributed by atoms with Crippen molar-refractivity contribution in [3.63, 3.8) is 0 Å². The lowest BCUT2D eigenvalue weighted by Crippen LogP contribution is -2.51. The number of nitrogens with zero attached hydrogens (tertiary/aromatic N) is 2. The number of phenolic OH excluding ortho intramolecular Hbond substituents is 1. The molecule has 1 heterocycles. The third kappa shape index (κ3) is 2.80. The summed E-state index contributed by atoms with van der Waals surface area (Å²) in [4.78, 5) is 12.5. The fourth-order valence-electron chi connectivity index (χ4n) is 2.62. The van der Waals surface area contributed by atoms with Gasteiger partial charge in [0, 0.05) is 6.42 Å². The number of hydrogen-bond acceptors (Lipinski definition) is 4. The Morgan fingerprint density at radius 2 is 1.76 bits per heavy atom. The van der Waals surface area contributed by atoms with Crippen LogP contribution in [0, 0.1) is 0 Å². The number of carbonyl (C=O) groups is 1. The molecule has 3 rings (SSSR count). The molecule has 0 unspecified atom stereocenters. The van der Waals surface area contributed by atoms with E-state index in [2.05, 4.69) is 5.10 Å². The van der Waals surface area contributed by atoms with Gasteiger partial charge in [0.2, 0.25) is 5.72 Å². The second-order valence-corrected chi connectivity index (χ2v) is 5.58. The van der Waals surface area contributed by atoms with E-state index in [1.807, 2.05) is 0 Å². The Labute approximate surface area is 138 Å². The Kier molecular flexibility index (Phi) is 4.11. The summed E-state index contributed by atoms with van der Waals surface area (Å²) in [7, 11) is 0. The van der Waals surface area contributed by atoms with Gasteiger partial charge in [-0.15, -0.1) is 0 Å². The van der Waals surface area contributed by atoms with Crippen molar-refractivity contribution in [1.29, 1.82) is 0 Å². The van der Waals surface area contributed by atoms with Gasteiger partial charge >= 0.3 is 0 Å². The molecule has 0 radical (unpaired) electrons. The summed E-state index contributed by atoms with van der Waals surface area (Å²) in [5.74, 6) is -1.84. The van der Waals surface area contributed by atoms with Crippen LogP contribution in [-0.2, 0) is 0 Å². The van der Waals surface area contributed by atoms with Gasteiger partial charge in [0.1, 0.15) is 11.5 Å². The van der Waals surface area contributed by atoms with E-state index in [4.69, 9.17) is 0 Å². The first-order chi connectivity index (χ1) is 11.7. The molecule has 2 N–H and O–H groups in total. The van der Waals surface area contributed by atoms with E-state index in [9.17, 15) is 32.6 Å². The Balaban J connectivity index is 2.08. The number of rotatable bonds is 3. The molecule has 1 amide bonds. The Morgan fingerprint density at radius 3 is 2.32 bits per heavy atom. The first-order valence-corrected chi connectivity index (χ1v) is 7.16. The third-order valence-corrected chi connectivity index (χ3v) is 3.92. The molecule has 0 aliphatic carbocycles. The number of aliphatic hydroxyl groups is 1. The second-order valence-electron chi connectivity index (χ2n) is 5.58. The van der Waals surface area contributed by atoms with E-state index in [1.54, 1.807) is 24.3 Å². The number of alkyl halides is 4. The zero-order valence-corrected chi connectivity index (χ0v) is 12.5. The fraction of sp³-hybridized carbons (Fsp3) is 0.250. The third-order valence-electron chi connectivity index (χ3n) is 3.92. The Morgan fingerprint density at radius 1 is 1.16 bits per heavy atom. The summed E-state index contributed by atoms with van der Waals surface area (Å²) >= 11 is 0. The molecule has 2 aromatic carbocycles. The van der Waals surface area contributed by atoms with Gasteiger partial charge in [0.15, 0.2) is 0 Å². The molecular weight excluding hydrogens is 344 g/mol. The van der Waals surface area contributed by atoms with Crippen LogP contribution in [0.4, 0.5) is 17.6 Å². The molecule has 1 aliphatic heterocycles. The fourth-order valence-corrected chi connectivity index (χ4v) is 2.62. The zero-order chi connectivity index (χ0) is 18.4. The highest BCUT2D eigenvalue weighted by Crippen LogP contribution is 2.36. The molecular formula is C16H12F4N2O3. The number of amides is 1. The van der Waals surface area contributed by atoms with E-state index in [0.717, 1.165) is 0 Å². The normalized spacial score (nSPS) is 20.6. The van der Waals surface area contributed by atoms with E-state index >= 15 is 0 Å². The van der Waals surface area contributed by atoms with Crippen LogP contribution in [0.5, 0.6) is 5.75 Å². The van der Waals surface area contributed by atoms with Gasteiger partial charge < -0.3 is 10.2 Å². The molecule has 0 fully saturated rings.